The first-order chi connectivity index (χ1) is 5.36. The van der Waals surface area contributed by atoms with E-state index < -0.39 is 0 Å². The normalized spacial score (nSPS) is 46.6. The van der Waals surface area contributed by atoms with Crippen LogP contribution in [-0.2, 0) is 0 Å². The summed E-state index contributed by atoms with van der Waals surface area (Å²) >= 11 is 0. The number of rotatable bonds is 2. The average Bonchev–Trinajstić information content (AvgIpc) is 2.60. The number of aliphatic hydroxyl groups is 1. The molecular formula is C10H14O. The molecular weight excluding hydrogens is 136 g/mol. The van der Waals surface area contributed by atoms with E-state index in [1.807, 2.05) is 6.08 Å². The Morgan fingerprint density at radius 2 is 2.18 bits per heavy atom. The number of aliphatic hydroxyl groups excluding tert-OH is 1. The van der Waals surface area contributed by atoms with Crippen molar-refractivity contribution in [1.29, 1.82) is 0 Å². The van der Waals surface area contributed by atoms with E-state index in [1.165, 1.54) is 6.42 Å². The maximum Gasteiger partial charge on any atom is 0.0470 e. The van der Waals surface area contributed by atoms with Gasteiger partial charge in [0.1, 0.15) is 0 Å². The predicted octanol–water partition coefficient (Wildman–Crippen LogP) is 1.60. The minimum absolute atomic E-state index is 0.322. The Bertz CT molecular complexity index is 195. The van der Waals surface area contributed by atoms with Crippen molar-refractivity contribution in [3.05, 3.63) is 24.8 Å². The third-order valence-electron chi connectivity index (χ3n) is 3.17. The fourth-order valence-corrected chi connectivity index (χ4v) is 2.57. The highest BCUT2D eigenvalue weighted by Gasteiger charge is 2.42. The molecule has 0 aliphatic heterocycles. The smallest absolute Gasteiger partial charge is 0.0470 e. The molecule has 2 aliphatic rings. The standard InChI is InChI=1S/C10H14O/c1-2-9-7-3-4-8(5-7)10(9)6-11/h2-4,7-11H,1,5-6H2. The molecule has 1 N–H and O–H groups in total. The lowest BCUT2D eigenvalue weighted by Gasteiger charge is -2.22. The summed E-state index contributed by atoms with van der Waals surface area (Å²) < 4.78 is 0. The maximum absolute atomic E-state index is 9.11. The van der Waals surface area contributed by atoms with Crippen molar-refractivity contribution >= 4 is 0 Å². The molecule has 0 aromatic rings. The number of hydrogen-bond donors (Lipinski definition) is 1. The fraction of sp³-hybridized carbons (Fsp3) is 0.600. The van der Waals surface area contributed by atoms with E-state index in [2.05, 4.69) is 18.7 Å². The van der Waals surface area contributed by atoms with Crippen LogP contribution in [0.2, 0.25) is 0 Å². The SMILES string of the molecule is C=CC1C2C=CC(C2)C1CO. The van der Waals surface area contributed by atoms with Gasteiger partial charge in [0.15, 0.2) is 0 Å². The molecule has 1 nitrogen and oxygen atoms in total. The lowest BCUT2D eigenvalue weighted by Crippen LogP contribution is -2.20. The number of fused-ring (bicyclic) bond motifs is 2. The highest BCUT2D eigenvalue weighted by atomic mass is 16.3. The minimum atomic E-state index is 0.322. The molecule has 4 atom stereocenters. The van der Waals surface area contributed by atoms with Gasteiger partial charge in [-0.05, 0) is 30.1 Å². The van der Waals surface area contributed by atoms with E-state index >= 15 is 0 Å². The first-order valence-electron chi connectivity index (χ1n) is 4.28. The van der Waals surface area contributed by atoms with Crippen LogP contribution in [0.3, 0.4) is 0 Å². The Morgan fingerprint density at radius 3 is 2.73 bits per heavy atom. The summed E-state index contributed by atoms with van der Waals surface area (Å²) in [4.78, 5) is 0. The van der Waals surface area contributed by atoms with Crippen LogP contribution < -0.4 is 0 Å². The zero-order chi connectivity index (χ0) is 7.84. The minimum Gasteiger partial charge on any atom is -0.396 e. The molecule has 0 heterocycles. The number of allylic oxidation sites excluding steroid dienone is 3. The summed E-state index contributed by atoms with van der Waals surface area (Å²) in [5, 5.41) is 9.11. The predicted molar refractivity (Wildman–Crippen MR) is 45.0 cm³/mol. The molecule has 1 heteroatoms. The van der Waals surface area contributed by atoms with Gasteiger partial charge in [-0.2, -0.15) is 0 Å². The molecule has 4 unspecified atom stereocenters. The van der Waals surface area contributed by atoms with E-state index in [-0.39, 0.29) is 0 Å². The Morgan fingerprint density at radius 1 is 1.45 bits per heavy atom. The lowest BCUT2D eigenvalue weighted by atomic mass is 9.84. The molecule has 0 saturated heterocycles. The van der Waals surface area contributed by atoms with Gasteiger partial charge in [0.25, 0.3) is 0 Å². The van der Waals surface area contributed by atoms with Crippen LogP contribution in [0.15, 0.2) is 24.8 Å². The van der Waals surface area contributed by atoms with Crippen molar-refractivity contribution in [2.75, 3.05) is 6.61 Å². The Kier molecular flexibility index (Phi) is 1.61. The Balaban J connectivity index is 2.21. The van der Waals surface area contributed by atoms with E-state index in [4.69, 9.17) is 5.11 Å². The Hall–Kier alpha value is -0.560. The largest absolute Gasteiger partial charge is 0.396 e. The van der Waals surface area contributed by atoms with Crippen molar-refractivity contribution in [2.45, 2.75) is 6.42 Å². The second-order valence-corrected chi connectivity index (χ2v) is 3.61. The molecule has 2 aliphatic carbocycles. The van der Waals surface area contributed by atoms with Crippen molar-refractivity contribution in [2.24, 2.45) is 23.7 Å². The second-order valence-electron chi connectivity index (χ2n) is 3.61. The first-order valence-corrected chi connectivity index (χ1v) is 4.28. The van der Waals surface area contributed by atoms with Crippen molar-refractivity contribution in [3.8, 4) is 0 Å². The number of hydrogen-bond acceptors (Lipinski definition) is 1. The van der Waals surface area contributed by atoms with Crippen LogP contribution in [0.25, 0.3) is 0 Å². The lowest BCUT2D eigenvalue weighted by molar-refractivity contribution is 0.183. The second kappa shape index (κ2) is 2.49. The summed E-state index contributed by atoms with van der Waals surface area (Å²) in [5.41, 5.74) is 0. The zero-order valence-corrected chi connectivity index (χ0v) is 6.61. The molecule has 11 heavy (non-hydrogen) atoms. The quantitative estimate of drug-likeness (QED) is 0.593. The summed E-state index contributed by atoms with van der Waals surface area (Å²) in [5.74, 6) is 2.31. The molecule has 0 radical (unpaired) electrons. The molecule has 2 bridgehead atoms. The molecule has 0 spiro atoms. The third kappa shape index (κ3) is 0.875. The van der Waals surface area contributed by atoms with Gasteiger partial charge in [-0.15, -0.1) is 6.58 Å². The van der Waals surface area contributed by atoms with Crippen LogP contribution in [0.1, 0.15) is 6.42 Å². The zero-order valence-electron chi connectivity index (χ0n) is 6.61. The highest BCUT2D eigenvalue weighted by molar-refractivity contribution is 5.16. The Labute approximate surface area is 67.4 Å². The molecule has 0 aromatic heterocycles. The first kappa shape index (κ1) is 7.11. The summed E-state index contributed by atoms with van der Waals surface area (Å²) in [6.07, 6.45) is 7.78. The fourth-order valence-electron chi connectivity index (χ4n) is 2.57. The van der Waals surface area contributed by atoms with E-state index in [0.717, 1.165) is 0 Å². The van der Waals surface area contributed by atoms with Crippen molar-refractivity contribution in [1.82, 2.24) is 0 Å². The van der Waals surface area contributed by atoms with Crippen molar-refractivity contribution < 1.29 is 5.11 Å². The van der Waals surface area contributed by atoms with E-state index in [0.29, 0.717) is 30.3 Å². The molecule has 2 rings (SSSR count). The van der Waals surface area contributed by atoms with E-state index in [9.17, 15) is 0 Å². The van der Waals surface area contributed by atoms with Gasteiger partial charge in [0, 0.05) is 6.61 Å². The van der Waals surface area contributed by atoms with Crippen LogP contribution in [0.4, 0.5) is 0 Å². The third-order valence-corrected chi connectivity index (χ3v) is 3.17. The van der Waals surface area contributed by atoms with Gasteiger partial charge < -0.3 is 5.11 Å². The van der Waals surface area contributed by atoms with Gasteiger partial charge in [0.05, 0.1) is 0 Å². The highest BCUT2D eigenvalue weighted by Crippen LogP contribution is 2.47. The molecule has 0 amide bonds. The summed E-state index contributed by atoms with van der Waals surface area (Å²) in [6, 6.07) is 0. The van der Waals surface area contributed by atoms with Crippen molar-refractivity contribution in [3.63, 3.8) is 0 Å². The van der Waals surface area contributed by atoms with E-state index in [1.54, 1.807) is 0 Å². The average molecular weight is 150 g/mol. The summed E-state index contributed by atoms with van der Waals surface area (Å²) in [7, 11) is 0. The van der Waals surface area contributed by atoms with Crippen LogP contribution in [0.5, 0.6) is 0 Å². The monoisotopic (exact) mass is 150 g/mol. The topological polar surface area (TPSA) is 20.2 Å². The van der Waals surface area contributed by atoms with Gasteiger partial charge in [-0.3, -0.25) is 0 Å². The van der Waals surface area contributed by atoms with Gasteiger partial charge in [0.2, 0.25) is 0 Å². The van der Waals surface area contributed by atoms with Crippen LogP contribution >= 0.6 is 0 Å². The van der Waals surface area contributed by atoms with Gasteiger partial charge >= 0.3 is 0 Å². The molecule has 0 aromatic carbocycles. The van der Waals surface area contributed by atoms with Crippen LogP contribution in [-0.4, -0.2) is 11.7 Å². The van der Waals surface area contributed by atoms with Crippen LogP contribution in [0, 0.1) is 23.7 Å². The maximum atomic E-state index is 9.11. The van der Waals surface area contributed by atoms with Gasteiger partial charge in [-0.1, -0.05) is 18.2 Å². The summed E-state index contributed by atoms with van der Waals surface area (Å²) in [6.45, 7) is 4.14. The molecule has 1 fully saturated rings. The van der Waals surface area contributed by atoms with Gasteiger partial charge in [-0.25, -0.2) is 0 Å². The molecule has 1 saturated carbocycles. The molecule has 60 valence electrons.